The van der Waals surface area contributed by atoms with E-state index in [-0.39, 0.29) is 11.5 Å². The molecular formula is C20H21N3O2. The molecule has 5 heteroatoms. The van der Waals surface area contributed by atoms with E-state index in [2.05, 4.69) is 29.4 Å². The molecule has 25 heavy (non-hydrogen) atoms. The van der Waals surface area contributed by atoms with E-state index < -0.39 is 0 Å². The molecule has 1 aromatic heterocycles. The predicted molar refractivity (Wildman–Crippen MR) is 99.7 cm³/mol. The van der Waals surface area contributed by atoms with Crippen LogP contribution in [-0.4, -0.2) is 23.2 Å². The topological polar surface area (TPSA) is 56.1 Å². The highest BCUT2D eigenvalue weighted by molar-refractivity contribution is 5.41. The van der Waals surface area contributed by atoms with Gasteiger partial charge >= 0.3 is 0 Å². The van der Waals surface area contributed by atoms with E-state index in [0.717, 1.165) is 11.4 Å². The Bertz CT molecular complexity index is 873. The molecule has 0 amide bonds. The Morgan fingerprint density at radius 3 is 2.52 bits per heavy atom. The van der Waals surface area contributed by atoms with E-state index in [0.29, 0.717) is 12.4 Å². The van der Waals surface area contributed by atoms with Gasteiger partial charge in [-0.25, -0.2) is 4.98 Å². The van der Waals surface area contributed by atoms with E-state index in [9.17, 15) is 4.79 Å². The summed E-state index contributed by atoms with van der Waals surface area (Å²) in [5.41, 5.74) is 1.82. The maximum Gasteiger partial charge on any atom is 0.297 e. The predicted octanol–water partition coefficient (Wildman–Crippen LogP) is 3.46. The summed E-state index contributed by atoms with van der Waals surface area (Å²) in [5.74, 6) is 1.37. The van der Waals surface area contributed by atoms with E-state index >= 15 is 0 Å². The lowest BCUT2D eigenvalue weighted by atomic mass is 10.0. The maximum absolute atomic E-state index is 12.7. The van der Waals surface area contributed by atoms with Gasteiger partial charge in [-0.3, -0.25) is 9.36 Å². The number of hydrogen-bond donors (Lipinski definition) is 1. The summed E-state index contributed by atoms with van der Waals surface area (Å²) in [6.07, 6.45) is 3.29. The van der Waals surface area contributed by atoms with Gasteiger partial charge in [0.2, 0.25) is 0 Å². The molecule has 128 valence electrons. The molecule has 2 aromatic carbocycles. The number of nitrogens with zero attached hydrogens (tertiary/aromatic N) is 2. The van der Waals surface area contributed by atoms with Crippen molar-refractivity contribution in [3.63, 3.8) is 0 Å². The lowest BCUT2D eigenvalue weighted by molar-refractivity contribution is 0.414. The first-order valence-electron chi connectivity index (χ1n) is 8.20. The minimum absolute atomic E-state index is 0.173. The smallest absolute Gasteiger partial charge is 0.297 e. The molecule has 1 heterocycles. The van der Waals surface area contributed by atoms with Gasteiger partial charge < -0.3 is 10.1 Å². The molecule has 0 saturated carbocycles. The lowest BCUT2D eigenvalue weighted by Crippen LogP contribution is -2.24. The molecule has 3 aromatic rings. The molecule has 0 aliphatic rings. The van der Waals surface area contributed by atoms with Crippen LogP contribution < -0.4 is 15.6 Å². The number of hydrogen-bond acceptors (Lipinski definition) is 4. The second-order valence-corrected chi connectivity index (χ2v) is 5.84. The van der Waals surface area contributed by atoms with Crippen LogP contribution in [-0.2, 0) is 0 Å². The summed E-state index contributed by atoms with van der Waals surface area (Å²) in [6.45, 7) is 2.76. The Labute approximate surface area is 146 Å². The number of rotatable bonds is 6. The normalized spacial score (nSPS) is 11.8. The van der Waals surface area contributed by atoms with Crippen molar-refractivity contribution in [3.8, 4) is 11.4 Å². The molecule has 0 bridgehead atoms. The Kier molecular flexibility index (Phi) is 5.14. The number of ether oxygens (including phenoxy) is 1. The minimum Gasteiger partial charge on any atom is -0.497 e. The van der Waals surface area contributed by atoms with E-state index in [1.807, 2.05) is 42.5 Å². The number of methoxy groups -OCH3 is 1. The highest BCUT2D eigenvalue weighted by Gasteiger charge is 2.09. The average molecular weight is 335 g/mol. The van der Waals surface area contributed by atoms with E-state index in [4.69, 9.17) is 4.74 Å². The molecule has 0 spiro atoms. The Morgan fingerprint density at radius 2 is 1.84 bits per heavy atom. The van der Waals surface area contributed by atoms with Gasteiger partial charge in [-0.05, 0) is 35.7 Å². The van der Waals surface area contributed by atoms with Gasteiger partial charge in [-0.2, -0.15) is 0 Å². The summed E-state index contributed by atoms with van der Waals surface area (Å²) < 4.78 is 6.73. The maximum atomic E-state index is 12.7. The van der Waals surface area contributed by atoms with E-state index in [1.54, 1.807) is 24.1 Å². The summed E-state index contributed by atoms with van der Waals surface area (Å²) in [4.78, 5) is 16.9. The monoisotopic (exact) mass is 335 g/mol. The Hall–Kier alpha value is -3.08. The Balaban J connectivity index is 1.78. The average Bonchev–Trinajstić information content (AvgIpc) is 2.68. The molecule has 0 aliphatic heterocycles. The summed E-state index contributed by atoms with van der Waals surface area (Å²) in [6, 6.07) is 17.5. The number of aromatic nitrogens is 2. The number of anilines is 1. The van der Waals surface area contributed by atoms with Crippen molar-refractivity contribution in [1.29, 1.82) is 0 Å². The summed E-state index contributed by atoms with van der Waals surface area (Å²) >= 11 is 0. The second kappa shape index (κ2) is 7.66. The van der Waals surface area contributed by atoms with Crippen LogP contribution in [0.4, 0.5) is 5.82 Å². The summed E-state index contributed by atoms with van der Waals surface area (Å²) in [5, 5.41) is 3.17. The van der Waals surface area contributed by atoms with Gasteiger partial charge in [0, 0.05) is 24.6 Å². The van der Waals surface area contributed by atoms with Gasteiger partial charge in [-0.1, -0.05) is 37.3 Å². The van der Waals surface area contributed by atoms with Gasteiger partial charge in [0.05, 0.1) is 7.11 Å². The molecule has 0 radical (unpaired) electrons. The quantitative estimate of drug-likeness (QED) is 0.749. The molecule has 0 saturated heterocycles. The van der Waals surface area contributed by atoms with Crippen molar-refractivity contribution < 1.29 is 4.74 Å². The summed E-state index contributed by atoms with van der Waals surface area (Å²) in [7, 11) is 1.61. The van der Waals surface area contributed by atoms with Crippen LogP contribution in [0.1, 0.15) is 18.4 Å². The fourth-order valence-electron chi connectivity index (χ4n) is 2.63. The first kappa shape index (κ1) is 16.8. The van der Waals surface area contributed by atoms with Gasteiger partial charge in [0.1, 0.15) is 5.75 Å². The molecule has 0 unspecified atom stereocenters. The first-order chi connectivity index (χ1) is 12.2. The largest absolute Gasteiger partial charge is 0.497 e. The second-order valence-electron chi connectivity index (χ2n) is 5.84. The van der Waals surface area contributed by atoms with Gasteiger partial charge in [0.25, 0.3) is 5.56 Å². The van der Waals surface area contributed by atoms with Crippen LogP contribution in [0.15, 0.2) is 71.8 Å². The van der Waals surface area contributed by atoms with Crippen molar-refractivity contribution in [1.82, 2.24) is 9.55 Å². The zero-order valence-corrected chi connectivity index (χ0v) is 14.3. The van der Waals surface area contributed by atoms with Crippen molar-refractivity contribution in [2.75, 3.05) is 19.0 Å². The molecule has 5 nitrogen and oxygen atoms in total. The van der Waals surface area contributed by atoms with Gasteiger partial charge in [-0.15, -0.1) is 0 Å². The minimum atomic E-state index is -0.173. The highest BCUT2D eigenvalue weighted by atomic mass is 16.5. The fourth-order valence-corrected chi connectivity index (χ4v) is 2.63. The molecule has 3 rings (SSSR count). The zero-order chi connectivity index (χ0) is 17.6. The van der Waals surface area contributed by atoms with Crippen LogP contribution in [0.2, 0.25) is 0 Å². The Morgan fingerprint density at radius 1 is 1.12 bits per heavy atom. The van der Waals surface area contributed by atoms with Crippen LogP contribution in [0.25, 0.3) is 5.69 Å². The molecule has 0 fully saturated rings. The standard InChI is InChI=1S/C20H21N3O2/c1-15(16-6-4-3-5-7-16)14-22-19-20(24)23(13-12-21-19)17-8-10-18(25-2)11-9-17/h3-13,15H,14H2,1-2H3,(H,21,22)/t15-/m1/s1. The molecule has 1 N–H and O–H groups in total. The van der Waals surface area contributed by atoms with Crippen molar-refractivity contribution in [3.05, 3.63) is 82.9 Å². The van der Waals surface area contributed by atoms with Crippen molar-refractivity contribution in [2.24, 2.45) is 0 Å². The number of nitrogens with one attached hydrogen (secondary N) is 1. The van der Waals surface area contributed by atoms with Crippen LogP contribution in [0, 0.1) is 0 Å². The molecule has 0 aliphatic carbocycles. The lowest BCUT2D eigenvalue weighted by Gasteiger charge is -2.14. The van der Waals surface area contributed by atoms with Crippen LogP contribution in [0.3, 0.4) is 0 Å². The SMILES string of the molecule is COc1ccc(-n2ccnc(NC[C@@H](C)c3ccccc3)c2=O)cc1. The molecule has 1 atom stereocenters. The third-order valence-corrected chi connectivity index (χ3v) is 4.14. The van der Waals surface area contributed by atoms with Gasteiger partial charge in [0.15, 0.2) is 5.82 Å². The van der Waals surface area contributed by atoms with Crippen molar-refractivity contribution >= 4 is 5.82 Å². The highest BCUT2D eigenvalue weighted by Crippen LogP contribution is 2.16. The molecular weight excluding hydrogens is 314 g/mol. The fraction of sp³-hybridized carbons (Fsp3) is 0.200. The van der Waals surface area contributed by atoms with Crippen LogP contribution >= 0.6 is 0 Å². The first-order valence-corrected chi connectivity index (χ1v) is 8.20. The number of benzene rings is 2. The zero-order valence-electron chi connectivity index (χ0n) is 14.3. The van der Waals surface area contributed by atoms with Crippen LogP contribution in [0.5, 0.6) is 5.75 Å². The van der Waals surface area contributed by atoms with E-state index in [1.165, 1.54) is 5.56 Å². The third kappa shape index (κ3) is 3.88. The van der Waals surface area contributed by atoms with Crippen molar-refractivity contribution in [2.45, 2.75) is 12.8 Å². The third-order valence-electron chi connectivity index (χ3n) is 4.14.